The minimum Gasteiger partial charge on any atom is -0.497 e. The van der Waals surface area contributed by atoms with E-state index in [1.807, 2.05) is 25.1 Å². The molecule has 2 heterocycles. The average molecular weight is 312 g/mol. The van der Waals surface area contributed by atoms with Crippen LogP contribution in [0.2, 0.25) is 0 Å². The van der Waals surface area contributed by atoms with Gasteiger partial charge >= 0.3 is 0 Å². The molecule has 1 atom stereocenters. The molecule has 0 spiro atoms. The van der Waals surface area contributed by atoms with Crippen molar-refractivity contribution in [1.29, 1.82) is 0 Å². The molecule has 1 saturated heterocycles. The van der Waals surface area contributed by atoms with Gasteiger partial charge in [-0.05, 0) is 56.1 Å². The van der Waals surface area contributed by atoms with Gasteiger partial charge in [0.25, 0.3) is 0 Å². The first-order valence-corrected chi connectivity index (χ1v) is 8.15. The first-order chi connectivity index (χ1) is 11.2. The van der Waals surface area contributed by atoms with E-state index in [1.165, 1.54) is 18.4 Å². The molecule has 1 aliphatic rings. The quantitative estimate of drug-likeness (QED) is 0.920. The first kappa shape index (κ1) is 15.7. The topological polar surface area (TPSA) is 50.3 Å². The number of hydrogen-bond acceptors (Lipinski definition) is 5. The molecule has 122 valence electrons. The Morgan fingerprint density at radius 2 is 2.17 bits per heavy atom. The van der Waals surface area contributed by atoms with E-state index in [0.717, 1.165) is 36.9 Å². The van der Waals surface area contributed by atoms with Crippen molar-refractivity contribution in [2.45, 2.75) is 32.4 Å². The Bertz CT molecular complexity index is 629. The summed E-state index contributed by atoms with van der Waals surface area (Å²) in [7, 11) is 1.71. The third-order valence-electron chi connectivity index (χ3n) is 4.20. The second-order valence-electron chi connectivity index (χ2n) is 6.13. The smallest absolute Gasteiger partial charge is 0.148 e. The minimum absolute atomic E-state index is 0.423. The van der Waals surface area contributed by atoms with Crippen molar-refractivity contribution in [3.63, 3.8) is 0 Å². The molecule has 23 heavy (non-hydrogen) atoms. The number of methoxy groups -OCH3 is 1. The van der Waals surface area contributed by atoms with Gasteiger partial charge < -0.3 is 10.1 Å². The van der Waals surface area contributed by atoms with E-state index in [0.29, 0.717) is 6.04 Å². The van der Waals surface area contributed by atoms with Crippen molar-refractivity contribution in [2.24, 2.45) is 0 Å². The number of benzene rings is 1. The van der Waals surface area contributed by atoms with Crippen LogP contribution in [-0.4, -0.2) is 41.3 Å². The van der Waals surface area contributed by atoms with Gasteiger partial charge in [-0.3, -0.25) is 4.90 Å². The van der Waals surface area contributed by atoms with Crippen LogP contribution in [0.15, 0.2) is 36.4 Å². The van der Waals surface area contributed by atoms with Crippen LogP contribution in [0.1, 0.15) is 24.1 Å². The highest BCUT2D eigenvalue weighted by atomic mass is 16.5. The van der Waals surface area contributed by atoms with Crippen LogP contribution < -0.4 is 10.1 Å². The molecule has 5 heteroatoms. The molecule has 1 N–H and O–H groups in total. The first-order valence-electron chi connectivity index (χ1n) is 8.15. The Balaban J connectivity index is 1.58. The summed E-state index contributed by atoms with van der Waals surface area (Å²) in [5.74, 6) is 1.79. The van der Waals surface area contributed by atoms with Crippen molar-refractivity contribution in [3.05, 3.63) is 47.7 Å². The number of aryl methyl sites for hydroxylation is 1. The standard InChI is InChI=1S/C18H24N4O/c1-14-8-9-18(21-20-14)19-16-6-4-10-22(13-16)12-15-5-3-7-17(11-15)23-2/h3,5,7-9,11,16H,4,6,10,12-13H2,1-2H3,(H,19,21)/t16-/m1/s1. The van der Waals surface area contributed by atoms with Crippen LogP contribution in [0.4, 0.5) is 5.82 Å². The monoisotopic (exact) mass is 312 g/mol. The Hall–Kier alpha value is -2.14. The van der Waals surface area contributed by atoms with Crippen LogP contribution >= 0.6 is 0 Å². The normalized spacial score (nSPS) is 18.6. The Morgan fingerprint density at radius 3 is 2.96 bits per heavy atom. The molecule has 1 aromatic heterocycles. The maximum Gasteiger partial charge on any atom is 0.148 e. The van der Waals surface area contributed by atoms with Crippen LogP contribution in [-0.2, 0) is 6.54 Å². The SMILES string of the molecule is COc1cccc(CN2CCC[C@@H](Nc3ccc(C)nn3)C2)c1. The molecule has 0 saturated carbocycles. The number of piperidine rings is 1. The van der Waals surface area contributed by atoms with Crippen molar-refractivity contribution in [2.75, 3.05) is 25.5 Å². The Morgan fingerprint density at radius 1 is 1.26 bits per heavy atom. The summed E-state index contributed by atoms with van der Waals surface area (Å²) in [6.45, 7) is 5.06. The summed E-state index contributed by atoms with van der Waals surface area (Å²) >= 11 is 0. The summed E-state index contributed by atoms with van der Waals surface area (Å²) < 4.78 is 5.31. The zero-order chi connectivity index (χ0) is 16.1. The van der Waals surface area contributed by atoms with Crippen LogP contribution in [0, 0.1) is 6.92 Å². The van der Waals surface area contributed by atoms with Crippen molar-refractivity contribution >= 4 is 5.82 Å². The maximum atomic E-state index is 5.31. The van der Waals surface area contributed by atoms with Gasteiger partial charge in [-0.1, -0.05) is 12.1 Å². The lowest BCUT2D eigenvalue weighted by atomic mass is 10.0. The molecule has 0 amide bonds. The van der Waals surface area contributed by atoms with Gasteiger partial charge in [0.05, 0.1) is 12.8 Å². The van der Waals surface area contributed by atoms with Gasteiger partial charge in [-0.25, -0.2) is 0 Å². The van der Waals surface area contributed by atoms with Crippen molar-refractivity contribution in [3.8, 4) is 5.75 Å². The molecule has 0 radical (unpaired) electrons. The van der Waals surface area contributed by atoms with Gasteiger partial charge in [0.15, 0.2) is 0 Å². The van der Waals surface area contributed by atoms with E-state index < -0.39 is 0 Å². The number of rotatable bonds is 5. The molecule has 3 rings (SSSR count). The fourth-order valence-electron chi connectivity index (χ4n) is 3.03. The van der Waals surface area contributed by atoms with E-state index in [9.17, 15) is 0 Å². The van der Waals surface area contributed by atoms with Gasteiger partial charge in [0, 0.05) is 19.1 Å². The van der Waals surface area contributed by atoms with Gasteiger partial charge in [-0.15, -0.1) is 5.10 Å². The molecule has 1 aromatic carbocycles. The summed E-state index contributed by atoms with van der Waals surface area (Å²) in [5.41, 5.74) is 2.24. The fourth-order valence-corrected chi connectivity index (χ4v) is 3.03. The molecular formula is C18H24N4O. The molecule has 0 aliphatic carbocycles. The lowest BCUT2D eigenvalue weighted by Gasteiger charge is -2.33. The number of ether oxygens (including phenoxy) is 1. The van der Waals surface area contributed by atoms with E-state index in [2.05, 4.69) is 38.6 Å². The van der Waals surface area contributed by atoms with E-state index in [1.54, 1.807) is 7.11 Å². The molecule has 0 unspecified atom stereocenters. The van der Waals surface area contributed by atoms with Crippen molar-refractivity contribution < 1.29 is 4.74 Å². The number of nitrogens with one attached hydrogen (secondary N) is 1. The van der Waals surface area contributed by atoms with Crippen LogP contribution in [0.25, 0.3) is 0 Å². The van der Waals surface area contributed by atoms with E-state index in [4.69, 9.17) is 4.74 Å². The average Bonchev–Trinajstić information content (AvgIpc) is 2.57. The third-order valence-corrected chi connectivity index (χ3v) is 4.20. The third kappa shape index (κ3) is 4.42. The molecule has 5 nitrogen and oxygen atoms in total. The number of aromatic nitrogens is 2. The molecule has 1 fully saturated rings. The van der Waals surface area contributed by atoms with Crippen molar-refractivity contribution in [1.82, 2.24) is 15.1 Å². The van der Waals surface area contributed by atoms with E-state index >= 15 is 0 Å². The second kappa shape index (κ2) is 7.42. The highest BCUT2D eigenvalue weighted by Crippen LogP contribution is 2.19. The fraction of sp³-hybridized carbons (Fsp3) is 0.444. The molecule has 2 aromatic rings. The Labute approximate surface area is 137 Å². The predicted molar refractivity (Wildman–Crippen MR) is 91.7 cm³/mol. The van der Waals surface area contributed by atoms with Crippen LogP contribution in [0.5, 0.6) is 5.75 Å². The maximum absolute atomic E-state index is 5.31. The van der Waals surface area contributed by atoms with Gasteiger partial charge in [0.2, 0.25) is 0 Å². The zero-order valence-corrected chi connectivity index (χ0v) is 13.8. The lowest BCUT2D eigenvalue weighted by molar-refractivity contribution is 0.208. The summed E-state index contributed by atoms with van der Waals surface area (Å²) in [4.78, 5) is 2.48. The number of anilines is 1. The minimum atomic E-state index is 0.423. The van der Waals surface area contributed by atoms with Crippen LogP contribution in [0.3, 0.4) is 0 Å². The second-order valence-corrected chi connectivity index (χ2v) is 6.13. The van der Waals surface area contributed by atoms with Gasteiger partial charge in [0.1, 0.15) is 11.6 Å². The Kier molecular flexibility index (Phi) is 5.08. The highest BCUT2D eigenvalue weighted by Gasteiger charge is 2.20. The summed E-state index contributed by atoms with van der Waals surface area (Å²) in [6.07, 6.45) is 2.37. The molecular weight excluding hydrogens is 288 g/mol. The largest absolute Gasteiger partial charge is 0.497 e. The number of likely N-dealkylation sites (tertiary alicyclic amines) is 1. The highest BCUT2D eigenvalue weighted by molar-refractivity contribution is 5.34. The number of hydrogen-bond donors (Lipinski definition) is 1. The van der Waals surface area contributed by atoms with Gasteiger partial charge in [-0.2, -0.15) is 5.10 Å². The lowest BCUT2D eigenvalue weighted by Crippen LogP contribution is -2.41. The molecule has 0 bridgehead atoms. The molecule has 1 aliphatic heterocycles. The predicted octanol–water partition coefficient (Wildman–Crippen LogP) is 2.87. The summed E-state index contributed by atoms with van der Waals surface area (Å²) in [5, 5.41) is 11.8. The van der Waals surface area contributed by atoms with E-state index in [-0.39, 0.29) is 0 Å². The zero-order valence-electron chi connectivity index (χ0n) is 13.8. The number of nitrogens with zero attached hydrogens (tertiary/aromatic N) is 3. The summed E-state index contributed by atoms with van der Waals surface area (Å²) in [6, 6.07) is 12.7.